The molecule has 1 heteroatoms. The maximum Gasteiger partial charge on any atom is 0.169 e. The van der Waals surface area contributed by atoms with E-state index in [1.54, 1.807) is 0 Å². The van der Waals surface area contributed by atoms with Crippen LogP contribution in [0.15, 0.2) is 60.8 Å². The third kappa shape index (κ3) is 1.53. The van der Waals surface area contributed by atoms with E-state index < -0.39 is 0 Å². The zero-order valence-electron chi connectivity index (χ0n) is 7.89. The molecule has 0 atom stereocenters. The lowest BCUT2D eigenvalue weighted by Crippen LogP contribution is -2.14. The van der Waals surface area contributed by atoms with Crippen molar-refractivity contribution in [1.82, 2.24) is 0 Å². The first kappa shape index (κ1) is 8.95. The number of carbonyl (C=O) groups is 1. The predicted molar refractivity (Wildman–Crippen MR) is 57.7 cm³/mol. The normalized spacial score (nSPS) is 19.7. The summed E-state index contributed by atoms with van der Waals surface area (Å²) in [6.07, 6.45) is 15.5. The van der Waals surface area contributed by atoms with Crippen LogP contribution in [-0.4, -0.2) is 5.78 Å². The molecule has 2 aliphatic rings. The molecule has 0 aromatic rings. The zero-order valence-corrected chi connectivity index (χ0v) is 7.89. The highest BCUT2D eigenvalue weighted by atomic mass is 16.1. The van der Waals surface area contributed by atoms with Crippen LogP contribution in [0.2, 0.25) is 0 Å². The Morgan fingerprint density at radius 2 is 1.29 bits per heavy atom. The average Bonchev–Trinajstić information content (AvgIpc) is 2.87. The highest BCUT2D eigenvalue weighted by Gasteiger charge is 2.21. The smallest absolute Gasteiger partial charge is 0.169 e. The maximum absolute atomic E-state index is 11.9. The van der Waals surface area contributed by atoms with Crippen LogP contribution in [0.25, 0.3) is 0 Å². The van der Waals surface area contributed by atoms with Gasteiger partial charge in [0.25, 0.3) is 0 Å². The quantitative estimate of drug-likeness (QED) is 0.616. The number of rotatable bonds is 3. The molecule has 70 valence electrons. The Bertz CT molecular complexity index is 318. The van der Waals surface area contributed by atoms with Crippen molar-refractivity contribution >= 4 is 5.78 Å². The van der Waals surface area contributed by atoms with Crippen molar-refractivity contribution in [1.29, 1.82) is 0 Å². The molecule has 0 radical (unpaired) electrons. The van der Waals surface area contributed by atoms with Crippen LogP contribution >= 0.6 is 0 Å². The molecule has 0 aliphatic heterocycles. The molecule has 0 spiro atoms. The predicted octanol–water partition coefficient (Wildman–Crippen LogP) is 2.60. The molecule has 0 saturated carbocycles. The molecular formula is C13H12O. The Morgan fingerprint density at radius 3 is 1.79 bits per heavy atom. The molecule has 2 aliphatic carbocycles. The van der Waals surface area contributed by atoms with Crippen LogP contribution in [0.3, 0.4) is 0 Å². The van der Waals surface area contributed by atoms with Crippen LogP contribution in [0.4, 0.5) is 0 Å². The molecule has 0 N–H and O–H groups in total. The van der Waals surface area contributed by atoms with Crippen molar-refractivity contribution < 1.29 is 4.79 Å². The summed E-state index contributed by atoms with van der Waals surface area (Å²) in [5.41, 5.74) is 0.677. The molecule has 0 saturated heterocycles. The van der Waals surface area contributed by atoms with E-state index in [4.69, 9.17) is 0 Å². The van der Waals surface area contributed by atoms with Gasteiger partial charge in [0.1, 0.15) is 0 Å². The Labute approximate surface area is 83.8 Å². The largest absolute Gasteiger partial charge is 0.294 e. The van der Waals surface area contributed by atoms with Gasteiger partial charge in [-0.25, -0.2) is 0 Å². The summed E-state index contributed by atoms with van der Waals surface area (Å²) in [5, 5.41) is 0. The second-order valence-corrected chi connectivity index (χ2v) is 3.48. The molecule has 2 rings (SSSR count). The summed E-state index contributed by atoms with van der Waals surface area (Å²) in [6, 6.07) is 0. The lowest BCUT2D eigenvalue weighted by atomic mass is 9.91. The molecule has 14 heavy (non-hydrogen) atoms. The third-order valence-electron chi connectivity index (χ3n) is 2.52. The minimum atomic E-state index is -0.0927. The molecule has 0 aromatic carbocycles. The van der Waals surface area contributed by atoms with Crippen molar-refractivity contribution in [2.24, 2.45) is 11.8 Å². The second kappa shape index (κ2) is 3.62. The van der Waals surface area contributed by atoms with Crippen LogP contribution in [0.1, 0.15) is 0 Å². The fraction of sp³-hybridized carbons (Fsp3) is 0.154. The first-order valence-electron chi connectivity index (χ1n) is 4.72. The van der Waals surface area contributed by atoms with E-state index in [1.807, 2.05) is 48.6 Å². The Hall–Kier alpha value is -1.63. The molecule has 0 aromatic heterocycles. The molecule has 0 amide bonds. The topological polar surface area (TPSA) is 17.1 Å². The van der Waals surface area contributed by atoms with Gasteiger partial charge >= 0.3 is 0 Å². The Kier molecular flexibility index (Phi) is 2.32. The average molecular weight is 184 g/mol. The Morgan fingerprint density at radius 1 is 0.857 bits per heavy atom. The monoisotopic (exact) mass is 184 g/mol. The van der Waals surface area contributed by atoms with Crippen LogP contribution in [0.5, 0.6) is 0 Å². The van der Waals surface area contributed by atoms with E-state index in [0.29, 0.717) is 5.57 Å². The van der Waals surface area contributed by atoms with E-state index in [2.05, 4.69) is 6.58 Å². The van der Waals surface area contributed by atoms with Gasteiger partial charge < -0.3 is 0 Å². The summed E-state index contributed by atoms with van der Waals surface area (Å²) < 4.78 is 0. The van der Waals surface area contributed by atoms with Gasteiger partial charge in [0.05, 0.1) is 5.92 Å². The van der Waals surface area contributed by atoms with E-state index in [-0.39, 0.29) is 17.6 Å². The highest BCUT2D eigenvalue weighted by molar-refractivity contribution is 6.00. The maximum atomic E-state index is 11.9. The summed E-state index contributed by atoms with van der Waals surface area (Å²) >= 11 is 0. The summed E-state index contributed by atoms with van der Waals surface area (Å²) in [5.74, 6) is 0.131. The minimum Gasteiger partial charge on any atom is -0.294 e. The van der Waals surface area contributed by atoms with Gasteiger partial charge in [-0.2, -0.15) is 0 Å². The van der Waals surface area contributed by atoms with Gasteiger partial charge in [-0.3, -0.25) is 4.79 Å². The van der Waals surface area contributed by atoms with Crippen molar-refractivity contribution in [3.63, 3.8) is 0 Å². The first-order valence-corrected chi connectivity index (χ1v) is 4.72. The van der Waals surface area contributed by atoms with E-state index in [9.17, 15) is 4.79 Å². The van der Waals surface area contributed by atoms with Crippen molar-refractivity contribution in [3.05, 3.63) is 60.8 Å². The third-order valence-corrected chi connectivity index (χ3v) is 2.52. The summed E-state index contributed by atoms with van der Waals surface area (Å²) in [6.45, 7) is 3.86. The number of ketones is 1. The van der Waals surface area contributed by atoms with E-state index in [0.717, 1.165) is 0 Å². The van der Waals surface area contributed by atoms with Crippen LogP contribution < -0.4 is 0 Å². The second-order valence-electron chi connectivity index (χ2n) is 3.48. The minimum absolute atomic E-state index is 0.0927. The molecule has 0 unspecified atom stereocenters. The van der Waals surface area contributed by atoms with E-state index >= 15 is 0 Å². The summed E-state index contributed by atoms with van der Waals surface area (Å²) in [4.78, 5) is 11.9. The number of Topliss-reactive ketones (excluding diaryl/α,β-unsaturated/α-hetero) is 1. The molecule has 0 fully saturated rings. The lowest BCUT2D eigenvalue weighted by molar-refractivity contribution is -0.117. The van der Waals surface area contributed by atoms with Crippen molar-refractivity contribution in [2.75, 3.05) is 0 Å². The van der Waals surface area contributed by atoms with Gasteiger partial charge in [-0.1, -0.05) is 55.2 Å². The standard InChI is InChI=1S/C13H12O/c1-10(11-6-2-3-7-11)13(14)12-8-4-5-9-12/h2-9,11-12H,1H2. The fourth-order valence-corrected chi connectivity index (χ4v) is 1.65. The Balaban J connectivity index is 2.08. The van der Waals surface area contributed by atoms with Gasteiger partial charge in [0.15, 0.2) is 5.78 Å². The van der Waals surface area contributed by atoms with Gasteiger partial charge in [-0.05, 0) is 5.57 Å². The number of allylic oxidation sites excluding steroid dienone is 9. The van der Waals surface area contributed by atoms with Gasteiger partial charge in [0, 0.05) is 5.92 Å². The SMILES string of the molecule is C=C(C(=O)C1C=CC=C1)C1C=CC=C1. The molecule has 0 heterocycles. The molecular weight excluding hydrogens is 172 g/mol. The fourth-order valence-electron chi connectivity index (χ4n) is 1.65. The van der Waals surface area contributed by atoms with Crippen molar-refractivity contribution in [3.8, 4) is 0 Å². The first-order chi connectivity index (χ1) is 6.79. The van der Waals surface area contributed by atoms with Gasteiger partial charge in [-0.15, -0.1) is 0 Å². The van der Waals surface area contributed by atoms with Crippen molar-refractivity contribution in [2.45, 2.75) is 0 Å². The van der Waals surface area contributed by atoms with Gasteiger partial charge in [0.2, 0.25) is 0 Å². The summed E-state index contributed by atoms with van der Waals surface area (Å²) in [7, 11) is 0. The van der Waals surface area contributed by atoms with Crippen LogP contribution in [-0.2, 0) is 4.79 Å². The zero-order chi connectivity index (χ0) is 9.97. The molecule has 1 nitrogen and oxygen atoms in total. The van der Waals surface area contributed by atoms with E-state index in [1.165, 1.54) is 0 Å². The molecule has 0 bridgehead atoms. The number of hydrogen-bond donors (Lipinski definition) is 0. The highest BCUT2D eigenvalue weighted by Crippen LogP contribution is 2.23. The number of carbonyl (C=O) groups excluding carboxylic acids is 1. The lowest BCUT2D eigenvalue weighted by Gasteiger charge is -2.11. The number of hydrogen-bond acceptors (Lipinski definition) is 1. The van der Waals surface area contributed by atoms with Crippen LogP contribution in [0, 0.1) is 11.8 Å².